The number of β-amino-alcohol motifs (C(OH)–C–C–N with tert-alkyl or cyclic N) is 1. The monoisotopic (exact) mass is 377 g/mol. The minimum atomic E-state index is -0.716. The Morgan fingerprint density at radius 1 is 1.48 bits per heavy atom. The van der Waals surface area contributed by atoms with E-state index in [-0.39, 0.29) is 17.4 Å². The van der Waals surface area contributed by atoms with Crippen molar-refractivity contribution in [2.75, 3.05) is 20.2 Å². The number of nitrogens with zero attached hydrogens (tertiary/aromatic N) is 2. The van der Waals surface area contributed by atoms with E-state index in [1.165, 1.54) is 19.2 Å². The fourth-order valence-corrected chi connectivity index (χ4v) is 3.32. The van der Waals surface area contributed by atoms with Gasteiger partial charge in [-0.15, -0.1) is 0 Å². The number of carbonyl (C=O) groups is 1. The summed E-state index contributed by atoms with van der Waals surface area (Å²) in [6.45, 7) is 5.54. The van der Waals surface area contributed by atoms with Crippen molar-refractivity contribution in [1.29, 1.82) is 0 Å². The molecular weight excluding hydrogens is 353 g/mol. The highest BCUT2D eigenvalue weighted by Gasteiger charge is 2.30. The quantitative estimate of drug-likeness (QED) is 0.826. The molecule has 0 spiro atoms. The van der Waals surface area contributed by atoms with Crippen LogP contribution in [0.3, 0.4) is 0 Å². The topological polar surface area (TPSA) is 87.8 Å². The average molecular weight is 377 g/mol. The van der Waals surface area contributed by atoms with Gasteiger partial charge in [-0.25, -0.2) is 4.39 Å². The lowest BCUT2D eigenvalue weighted by molar-refractivity contribution is 0.0347. The number of piperidine rings is 1. The highest BCUT2D eigenvalue weighted by Crippen LogP contribution is 2.20. The number of halogens is 1. The summed E-state index contributed by atoms with van der Waals surface area (Å²) in [7, 11) is 1.37. The summed E-state index contributed by atoms with van der Waals surface area (Å²) in [4.78, 5) is 14.5. The van der Waals surface area contributed by atoms with Gasteiger partial charge in [0.1, 0.15) is 5.76 Å². The molecule has 1 amide bonds. The number of hydrogen-bond donors (Lipinski definition) is 2. The maximum absolute atomic E-state index is 13.8. The van der Waals surface area contributed by atoms with Crippen LogP contribution in [0.4, 0.5) is 4.39 Å². The van der Waals surface area contributed by atoms with Crippen molar-refractivity contribution < 1.29 is 23.6 Å². The smallest absolute Gasteiger partial charge is 0.251 e. The van der Waals surface area contributed by atoms with Gasteiger partial charge < -0.3 is 19.7 Å². The van der Waals surface area contributed by atoms with Gasteiger partial charge in [-0.1, -0.05) is 5.16 Å². The SMILES string of the molecule is COc1ccc(C(=O)N[C@@H]2CCN(Cc3c(C)noc3C)C[C@H]2O)cc1F. The summed E-state index contributed by atoms with van der Waals surface area (Å²) >= 11 is 0. The van der Waals surface area contributed by atoms with Gasteiger partial charge in [0.2, 0.25) is 0 Å². The zero-order valence-electron chi connectivity index (χ0n) is 15.7. The van der Waals surface area contributed by atoms with E-state index in [1.807, 2.05) is 13.8 Å². The van der Waals surface area contributed by atoms with E-state index in [1.54, 1.807) is 0 Å². The number of rotatable bonds is 5. The van der Waals surface area contributed by atoms with E-state index < -0.39 is 17.8 Å². The molecule has 1 aliphatic heterocycles. The second-order valence-electron chi connectivity index (χ2n) is 6.82. The predicted molar refractivity (Wildman–Crippen MR) is 96.1 cm³/mol. The first-order valence-corrected chi connectivity index (χ1v) is 8.85. The lowest BCUT2D eigenvalue weighted by atomic mass is 10.0. The van der Waals surface area contributed by atoms with E-state index >= 15 is 0 Å². The Morgan fingerprint density at radius 2 is 2.26 bits per heavy atom. The molecule has 1 saturated heterocycles. The van der Waals surface area contributed by atoms with Crippen LogP contribution in [0, 0.1) is 19.7 Å². The molecule has 2 N–H and O–H groups in total. The Morgan fingerprint density at radius 3 is 2.85 bits per heavy atom. The van der Waals surface area contributed by atoms with Gasteiger partial charge >= 0.3 is 0 Å². The van der Waals surface area contributed by atoms with Crippen LogP contribution >= 0.6 is 0 Å². The summed E-state index contributed by atoms with van der Waals surface area (Å²) in [5.41, 5.74) is 2.07. The van der Waals surface area contributed by atoms with Gasteiger partial charge in [0.15, 0.2) is 11.6 Å². The maximum Gasteiger partial charge on any atom is 0.251 e. The number of aryl methyl sites for hydroxylation is 2. The molecule has 3 rings (SSSR count). The lowest BCUT2D eigenvalue weighted by Crippen LogP contribution is -2.53. The summed E-state index contributed by atoms with van der Waals surface area (Å²) in [6, 6.07) is 3.65. The molecule has 27 heavy (non-hydrogen) atoms. The Labute approximate surface area is 157 Å². The number of methoxy groups -OCH3 is 1. The first-order valence-electron chi connectivity index (χ1n) is 8.85. The van der Waals surface area contributed by atoms with Crippen molar-refractivity contribution in [3.63, 3.8) is 0 Å². The Kier molecular flexibility index (Phi) is 5.76. The highest BCUT2D eigenvalue weighted by atomic mass is 19.1. The predicted octanol–water partition coefficient (Wildman–Crippen LogP) is 1.80. The number of amides is 1. The van der Waals surface area contributed by atoms with Crippen LogP contribution in [0.5, 0.6) is 5.75 Å². The Bertz CT molecular complexity index is 804. The molecule has 0 aliphatic carbocycles. The normalized spacial score (nSPS) is 20.5. The van der Waals surface area contributed by atoms with Crippen LogP contribution in [0.25, 0.3) is 0 Å². The lowest BCUT2D eigenvalue weighted by Gasteiger charge is -2.36. The fourth-order valence-electron chi connectivity index (χ4n) is 3.32. The molecular formula is C19H24FN3O4. The fraction of sp³-hybridized carbons (Fsp3) is 0.474. The molecule has 1 fully saturated rings. The number of benzene rings is 1. The molecule has 1 aliphatic rings. The van der Waals surface area contributed by atoms with Crippen molar-refractivity contribution >= 4 is 5.91 Å². The number of aromatic nitrogens is 1. The highest BCUT2D eigenvalue weighted by molar-refractivity contribution is 5.94. The number of nitrogens with one attached hydrogen (secondary N) is 1. The van der Waals surface area contributed by atoms with Gasteiger partial charge in [0.25, 0.3) is 5.91 Å². The van der Waals surface area contributed by atoms with Crippen molar-refractivity contribution in [3.05, 3.63) is 46.6 Å². The van der Waals surface area contributed by atoms with Crippen LogP contribution in [0.1, 0.15) is 33.8 Å². The van der Waals surface area contributed by atoms with Crippen molar-refractivity contribution in [3.8, 4) is 5.75 Å². The van der Waals surface area contributed by atoms with Gasteiger partial charge in [0.05, 0.1) is 24.9 Å². The second-order valence-corrected chi connectivity index (χ2v) is 6.82. The molecule has 1 aromatic carbocycles. The van der Waals surface area contributed by atoms with Crippen LogP contribution in [-0.4, -0.2) is 53.4 Å². The number of aliphatic hydroxyl groups excluding tert-OH is 1. The first kappa shape index (κ1) is 19.3. The summed E-state index contributed by atoms with van der Waals surface area (Å²) in [5, 5.41) is 17.2. The molecule has 2 aromatic rings. The number of likely N-dealkylation sites (tertiary alicyclic amines) is 1. The molecule has 146 valence electrons. The average Bonchev–Trinajstić information content (AvgIpc) is 2.95. The van der Waals surface area contributed by atoms with Crippen LogP contribution in [0.15, 0.2) is 22.7 Å². The zero-order chi connectivity index (χ0) is 19.6. The van der Waals surface area contributed by atoms with Crippen LogP contribution in [-0.2, 0) is 6.54 Å². The van der Waals surface area contributed by atoms with Crippen molar-refractivity contribution in [2.45, 2.75) is 39.0 Å². The Hall–Kier alpha value is -2.45. The molecule has 0 radical (unpaired) electrons. The van der Waals surface area contributed by atoms with E-state index in [4.69, 9.17) is 9.26 Å². The molecule has 0 bridgehead atoms. The van der Waals surface area contributed by atoms with Crippen LogP contribution in [0.2, 0.25) is 0 Å². The molecule has 2 heterocycles. The third kappa shape index (κ3) is 4.28. The van der Waals surface area contributed by atoms with Gasteiger partial charge in [-0.2, -0.15) is 0 Å². The number of carbonyl (C=O) groups excluding carboxylic acids is 1. The first-order chi connectivity index (χ1) is 12.9. The molecule has 2 atom stereocenters. The summed E-state index contributed by atoms with van der Waals surface area (Å²) in [6.07, 6.45) is -0.124. The molecule has 8 heteroatoms. The third-order valence-corrected chi connectivity index (χ3v) is 4.96. The van der Waals surface area contributed by atoms with E-state index in [0.29, 0.717) is 26.1 Å². The van der Waals surface area contributed by atoms with Gasteiger partial charge in [-0.3, -0.25) is 9.69 Å². The summed E-state index contributed by atoms with van der Waals surface area (Å²) in [5.74, 6) is -0.155. The van der Waals surface area contributed by atoms with E-state index in [9.17, 15) is 14.3 Å². The second kappa shape index (κ2) is 8.06. The minimum absolute atomic E-state index is 0.0826. The third-order valence-electron chi connectivity index (χ3n) is 4.96. The van der Waals surface area contributed by atoms with E-state index in [0.717, 1.165) is 23.1 Å². The number of ether oxygens (including phenoxy) is 1. The summed E-state index contributed by atoms with van der Waals surface area (Å²) < 4.78 is 23.8. The number of hydrogen-bond acceptors (Lipinski definition) is 6. The van der Waals surface area contributed by atoms with Gasteiger partial charge in [0, 0.05) is 30.8 Å². The number of aliphatic hydroxyl groups is 1. The Balaban J connectivity index is 1.58. The molecule has 0 saturated carbocycles. The molecule has 0 unspecified atom stereocenters. The largest absolute Gasteiger partial charge is 0.494 e. The molecule has 1 aromatic heterocycles. The minimum Gasteiger partial charge on any atom is -0.494 e. The van der Waals surface area contributed by atoms with E-state index in [2.05, 4.69) is 15.4 Å². The van der Waals surface area contributed by atoms with Crippen LogP contribution < -0.4 is 10.1 Å². The standard InChI is InChI=1S/C19H24FN3O4/c1-11-14(12(2)27-22-11)9-23-7-6-16(17(24)10-23)21-19(25)13-4-5-18(26-3)15(20)8-13/h4-5,8,16-17,24H,6-7,9-10H2,1-3H3,(H,21,25)/t16-,17-/m1/s1. The maximum atomic E-state index is 13.8. The zero-order valence-corrected chi connectivity index (χ0v) is 15.7. The van der Waals surface area contributed by atoms with Crippen molar-refractivity contribution in [2.24, 2.45) is 0 Å². The van der Waals surface area contributed by atoms with Gasteiger partial charge in [-0.05, 0) is 38.5 Å². The molecule has 7 nitrogen and oxygen atoms in total. The van der Waals surface area contributed by atoms with Crippen molar-refractivity contribution in [1.82, 2.24) is 15.4 Å².